The van der Waals surface area contributed by atoms with Gasteiger partial charge < -0.3 is 9.84 Å². The molecule has 1 aliphatic rings. The lowest BCUT2D eigenvalue weighted by Crippen LogP contribution is -2.49. The second-order valence-corrected chi connectivity index (χ2v) is 7.08. The average Bonchev–Trinajstić information content (AvgIpc) is 2.97. The van der Waals surface area contributed by atoms with E-state index < -0.39 is 0 Å². The summed E-state index contributed by atoms with van der Waals surface area (Å²) < 4.78 is 18.1. The van der Waals surface area contributed by atoms with Crippen LogP contribution in [0.15, 0.2) is 28.8 Å². The SMILES string of the molecule is Cc1noc(C)c1CN1CCN(CC(=O)NCCc2ccc(F)cc2)CC1. The second-order valence-electron chi connectivity index (χ2n) is 7.08. The van der Waals surface area contributed by atoms with Crippen LogP contribution in [0.2, 0.25) is 0 Å². The largest absolute Gasteiger partial charge is 0.361 e. The number of carbonyl (C=O) groups excluding carboxylic acids is 1. The molecule has 0 bridgehead atoms. The van der Waals surface area contributed by atoms with E-state index in [4.69, 9.17) is 4.52 Å². The van der Waals surface area contributed by atoms with Crippen LogP contribution in [0.3, 0.4) is 0 Å². The van der Waals surface area contributed by atoms with Gasteiger partial charge in [-0.2, -0.15) is 0 Å². The van der Waals surface area contributed by atoms with Gasteiger partial charge >= 0.3 is 0 Å². The van der Waals surface area contributed by atoms with Crippen molar-refractivity contribution < 1.29 is 13.7 Å². The van der Waals surface area contributed by atoms with Crippen LogP contribution in [0.5, 0.6) is 0 Å². The van der Waals surface area contributed by atoms with Crippen LogP contribution in [0.4, 0.5) is 4.39 Å². The molecule has 0 atom stereocenters. The maximum Gasteiger partial charge on any atom is 0.234 e. The van der Waals surface area contributed by atoms with E-state index in [0.29, 0.717) is 19.5 Å². The standard InChI is InChI=1S/C20H27FN4O2/c1-15-19(16(2)27-23-15)13-24-9-11-25(12-10-24)14-20(26)22-8-7-17-3-5-18(21)6-4-17/h3-6H,7-14H2,1-2H3,(H,22,26). The maximum atomic E-state index is 12.9. The zero-order valence-electron chi connectivity index (χ0n) is 16.0. The number of hydrogen-bond donors (Lipinski definition) is 1. The number of aromatic nitrogens is 1. The molecule has 1 aliphatic heterocycles. The van der Waals surface area contributed by atoms with Crippen molar-refractivity contribution in [3.05, 3.63) is 52.7 Å². The Labute approximate surface area is 159 Å². The number of aryl methyl sites for hydroxylation is 2. The van der Waals surface area contributed by atoms with E-state index in [1.54, 1.807) is 12.1 Å². The highest BCUT2D eigenvalue weighted by Crippen LogP contribution is 2.16. The van der Waals surface area contributed by atoms with E-state index in [1.165, 1.54) is 17.7 Å². The maximum absolute atomic E-state index is 12.9. The van der Waals surface area contributed by atoms with Gasteiger partial charge in [-0.15, -0.1) is 0 Å². The Bertz CT molecular complexity index is 732. The average molecular weight is 374 g/mol. The molecule has 1 fully saturated rings. The minimum Gasteiger partial charge on any atom is -0.361 e. The highest BCUT2D eigenvalue weighted by atomic mass is 19.1. The van der Waals surface area contributed by atoms with Crippen molar-refractivity contribution in [1.29, 1.82) is 0 Å². The molecule has 1 aromatic heterocycles. The summed E-state index contributed by atoms with van der Waals surface area (Å²) in [6.45, 7) is 9.33. The van der Waals surface area contributed by atoms with Crippen LogP contribution in [0.25, 0.3) is 0 Å². The van der Waals surface area contributed by atoms with E-state index in [0.717, 1.165) is 49.7 Å². The highest BCUT2D eigenvalue weighted by Gasteiger charge is 2.21. The van der Waals surface area contributed by atoms with Crippen molar-refractivity contribution in [2.45, 2.75) is 26.8 Å². The molecule has 1 aromatic carbocycles. The lowest BCUT2D eigenvalue weighted by atomic mass is 10.1. The van der Waals surface area contributed by atoms with Crippen LogP contribution in [-0.4, -0.2) is 60.1 Å². The topological polar surface area (TPSA) is 61.6 Å². The molecule has 2 aromatic rings. The van der Waals surface area contributed by atoms with Crippen LogP contribution in [-0.2, 0) is 17.8 Å². The number of piperazine rings is 1. The van der Waals surface area contributed by atoms with Gasteiger partial charge in [0.05, 0.1) is 12.2 Å². The van der Waals surface area contributed by atoms with E-state index in [9.17, 15) is 9.18 Å². The van der Waals surface area contributed by atoms with Gasteiger partial charge in [0.25, 0.3) is 0 Å². The normalized spacial score (nSPS) is 15.8. The Balaban J connectivity index is 1.35. The summed E-state index contributed by atoms with van der Waals surface area (Å²) in [5.74, 6) is 0.683. The Morgan fingerprint density at radius 2 is 1.81 bits per heavy atom. The van der Waals surface area contributed by atoms with Gasteiger partial charge in [-0.05, 0) is 38.0 Å². The molecule has 6 nitrogen and oxygen atoms in total. The number of amides is 1. The molecule has 0 saturated carbocycles. The van der Waals surface area contributed by atoms with E-state index >= 15 is 0 Å². The van der Waals surface area contributed by atoms with Gasteiger partial charge in [0.2, 0.25) is 5.91 Å². The Kier molecular flexibility index (Phi) is 6.58. The van der Waals surface area contributed by atoms with Crippen molar-refractivity contribution in [1.82, 2.24) is 20.3 Å². The third-order valence-electron chi connectivity index (χ3n) is 5.04. The minimum atomic E-state index is -0.240. The molecule has 1 N–H and O–H groups in total. The van der Waals surface area contributed by atoms with Gasteiger partial charge in [0, 0.05) is 44.8 Å². The van der Waals surface area contributed by atoms with Gasteiger partial charge in [0.15, 0.2) is 0 Å². The third-order valence-corrected chi connectivity index (χ3v) is 5.04. The molecule has 1 amide bonds. The Hall–Kier alpha value is -2.25. The number of hydrogen-bond acceptors (Lipinski definition) is 5. The third kappa shape index (κ3) is 5.61. The van der Waals surface area contributed by atoms with Crippen LogP contribution in [0.1, 0.15) is 22.6 Å². The number of rotatable bonds is 7. The molecule has 0 radical (unpaired) electrons. The Morgan fingerprint density at radius 3 is 2.44 bits per heavy atom. The lowest BCUT2D eigenvalue weighted by molar-refractivity contribution is -0.122. The fourth-order valence-electron chi connectivity index (χ4n) is 3.31. The number of benzene rings is 1. The van der Waals surface area contributed by atoms with Gasteiger partial charge in [-0.25, -0.2) is 4.39 Å². The fourth-order valence-corrected chi connectivity index (χ4v) is 3.31. The zero-order valence-corrected chi connectivity index (χ0v) is 16.0. The first kappa shape index (κ1) is 19.5. The fraction of sp³-hybridized carbons (Fsp3) is 0.500. The summed E-state index contributed by atoms with van der Waals surface area (Å²) in [5.41, 5.74) is 3.14. The summed E-state index contributed by atoms with van der Waals surface area (Å²) in [6, 6.07) is 6.39. The number of nitrogens with zero attached hydrogens (tertiary/aromatic N) is 3. The van der Waals surface area contributed by atoms with Crippen molar-refractivity contribution in [3.63, 3.8) is 0 Å². The van der Waals surface area contributed by atoms with Crippen molar-refractivity contribution in [2.75, 3.05) is 39.3 Å². The number of carbonyl (C=O) groups is 1. The first-order chi connectivity index (χ1) is 13.0. The van der Waals surface area contributed by atoms with Crippen LogP contribution < -0.4 is 5.32 Å². The van der Waals surface area contributed by atoms with E-state index in [2.05, 4.69) is 20.3 Å². The predicted octanol–water partition coefficient (Wildman–Crippen LogP) is 1.91. The minimum absolute atomic E-state index is 0.0382. The number of nitrogens with one attached hydrogen (secondary N) is 1. The molecule has 146 valence electrons. The predicted molar refractivity (Wildman–Crippen MR) is 101 cm³/mol. The molecule has 0 aliphatic carbocycles. The summed E-state index contributed by atoms with van der Waals surface area (Å²) in [7, 11) is 0. The molecule has 0 unspecified atom stereocenters. The van der Waals surface area contributed by atoms with Crippen LogP contribution in [0, 0.1) is 19.7 Å². The lowest BCUT2D eigenvalue weighted by Gasteiger charge is -2.34. The molecule has 1 saturated heterocycles. The highest BCUT2D eigenvalue weighted by molar-refractivity contribution is 5.78. The van der Waals surface area contributed by atoms with Gasteiger partial charge in [-0.3, -0.25) is 14.6 Å². The molecular weight excluding hydrogens is 347 g/mol. The smallest absolute Gasteiger partial charge is 0.234 e. The molecule has 27 heavy (non-hydrogen) atoms. The summed E-state index contributed by atoms with van der Waals surface area (Å²) in [6.07, 6.45) is 0.706. The molecular formula is C20H27FN4O2. The van der Waals surface area contributed by atoms with Crippen molar-refractivity contribution in [3.8, 4) is 0 Å². The quantitative estimate of drug-likeness (QED) is 0.802. The Morgan fingerprint density at radius 1 is 1.15 bits per heavy atom. The van der Waals surface area contributed by atoms with Crippen molar-refractivity contribution >= 4 is 5.91 Å². The molecule has 3 rings (SSSR count). The molecule has 0 spiro atoms. The zero-order chi connectivity index (χ0) is 19.2. The van der Waals surface area contributed by atoms with Crippen LogP contribution >= 0.6 is 0 Å². The first-order valence-corrected chi connectivity index (χ1v) is 9.39. The van der Waals surface area contributed by atoms with Crippen molar-refractivity contribution in [2.24, 2.45) is 0 Å². The molecule has 2 heterocycles. The van der Waals surface area contributed by atoms with E-state index in [1.807, 2.05) is 13.8 Å². The van der Waals surface area contributed by atoms with Gasteiger partial charge in [-0.1, -0.05) is 17.3 Å². The molecule has 7 heteroatoms. The first-order valence-electron chi connectivity index (χ1n) is 9.39. The summed E-state index contributed by atoms with van der Waals surface area (Å²) in [4.78, 5) is 16.7. The van der Waals surface area contributed by atoms with Gasteiger partial charge in [0.1, 0.15) is 11.6 Å². The summed E-state index contributed by atoms with van der Waals surface area (Å²) in [5, 5.41) is 6.95. The summed E-state index contributed by atoms with van der Waals surface area (Å²) >= 11 is 0. The monoisotopic (exact) mass is 374 g/mol. The second kappa shape index (κ2) is 9.10. The van der Waals surface area contributed by atoms with E-state index in [-0.39, 0.29) is 11.7 Å². The number of halogens is 1.